The monoisotopic (exact) mass is 258 g/mol. The quantitative estimate of drug-likeness (QED) is 0.746. The number of pyridine rings is 1. The van der Waals surface area contributed by atoms with Crippen molar-refractivity contribution in [1.29, 1.82) is 0 Å². The minimum absolute atomic E-state index is 0.225. The molecule has 0 unspecified atom stereocenters. The Balaban J connectivity index is 1.89. The van der Waals surface area contributed by atoms with Crippen molar-refractivity contribution in [3.63, 3.8) is 0 Å². The maximum atomic E-state index is 6.15. The first-order valence-electron chi connectivity index (χ1n) is 5.68. The lowest BCUT2D eigenvalue weighted by Gasteiger charge is -2.00. The van der Waals surface area contributed by atoms with E-state index in [9.17, 15) is 0 Å². The Bertz CT molecular complexity index is 712. The molecular formula is C11H10N6S. The smallest absolute Gasteiger partial charge is 0.235 e. The van der Waals surface area contributed by atoms with E-state index in [2.05, 4.69) is 20.3 Å². The molecule has 0 aromatic carbocycles. The average molecular weight is 258 g/mol. The third kappa shape index (κ3) is 1.37. The molecule has 3 aromatic heterocycles. The summed E-state index contributed by atoms with van der Waals surface area (Å²) in [5.41, 5.74) is 6.84. The van der Waals surface area contributed by atoms with Gasteiger partial charge in [-0.25, -0.2) is 0 Å². The zero-order chi connectivity index (χ0) is 12.2. The van der Waals surface area contributed by atoms with Gasteiger partial charge in [-0.15, -0.1) is 10.2 Å². The van der Waals surface area contributed by atoms with E-state index >= 15 is 0 Å². The van der Waals surface area contributed by atoms with Crippen molar-refractivity contribution in [3.05, 3.63) is 29.5 Å². The van der Waals surface area contributed by atoms with E-state index < -0.39 is 0 Å². The summed E-state index contributed by atoms with van der Waals surface area (Å²) in [4.78, 5) is 4.86. The Hall–Kier alpha value is -1.86. The third-order valence-electron chi connectivity index (χ3n) is 3.13. The van der Waals surface area contributed by atoms with Gasteiger partial charge in [0.25, 0.3) is 0 Å². The number of nitrogens with zero attached hydrogens (tertiary/aromatic N) is 5. The van der Waals surface area contributed by atoms with Crippen molar-refractivity contribution < 1.29 is 0 Å². The van der Waals surface area contributed by atoms with Crippen molar-refractivity contribution in [3.8, 4) is 11.4 Å². The van der Waals surface area contributed by atoms with Crippen LogP contribution in [-0.4, -0.2) is 24.8 Å². The first-order valence-corrected chi connectivity index (χ1v) is 6.50. The normalized spacial score (nSPS) is 17.2. The van der Waals surface area contributed by atoms with Crippen molar-refractivity contribution in [2.24, 2.45) is 5.73 Å². The topological polar surface area (TPSA) is 82.0 Å². The summed E-state index contributed by atoms with van der Waals surface area (Å²) in [5, 5.41) is 13.8. The average Bonchev–Trinajstić information content (AvgIpc) is 2.86. The second-order valence-corrected chi connectivity index (χ2v) is 5.48. The second kappa shape index (κ2) is 3.33. The van der Waals surface area contributed by atoms with Crippen LogP contribution in [0, 0.1) is 0 Å². The van der Waals surface area contributed by atoms with Crippen LogP contribution in [-0.2, 0) is 5.54 Å². The minimum Gasteiger partial charge on any atom is -0.319 e. The first kappa shape index (κ1) is 10.1. The highest BCUT2D eigenvalue weighted by Gasteiger charge is 2.43. The summed E-state index contributed by atoms with van der Waals surface area (Å²) < 4.78 is 1.75. The van der Waals surface area contributed by atoms with Crippen molar-refractivity contribution in [2.45, 2.75) is 18.4 Å². The van der Waals surface area contributed by atoms with Gasteiger partial charge >= 0.3 is 0 Å². The van der Waals surface area contributed by atoms with Gasteiger partial charge in [0.2, 0.25) is 4.96 Å². The van der Waals surface area contributed by atoms with Crippen LogP contribution in [0.5, 0.6) is 0 Å². The molecule has 0 atom stereocenters. The molecule has 0 radical (unpaired) electrons. The highest BCUT2D eigenvalue weighted by Crippen LogP contribution is 2.44. The molecule has 18 heavy (non-hydrogen) atoms. The lowest BCUT2D eigenvalue weighted by atomic mass is 10.3. The lowest BCUT2D eigenvalue weighted by molar-refractivity contribution is 0.706. The number of nitrogens with two attached hydrogens (primary N) is 1. The summed E-state index contributed by atoms with van der Waals surface area (Å²) >= 11 is 1.52. The Morgan fingerprint density at radius 2 is 2.22 bits per heavy atom. The van der Waals surface area contributed by atoms with E-state index in [1.807, 2.05) is 12.1 Å². The molecule has 1 saturated carbocycles. The zero-order valence-corrected chi connectivity index (χ0v) is 10.3. The number of aromatic nitrogens is 5. The third-order valence-corrected chi connectivity index (χ3v) is 4.24. The predicted octanol–water partition coefficient (Wildman–Crippen LogP) is 1.20. The van der Waals surface area contributed by atoms with Gasteiger partial charge in [0.15, 0.2) is 5.82 Å². The Kier molecular flexibility index (Phi) is 1.87. The minimum atomic E-state index is -0.225. The molecule has 0 spiro atoms. The Morgan fingerprint density at radius 1 is 1.33 bits per heavy atom. The van der Waals surface area contributed by atoms with Gasteiger partial charge in [0, 0.05) is 18.0 Å². The highest BCUT2D eigenvalue weighted by molar-refractivity contribution is 7.16. The molecule has 1 fully saturated rings. The molecule has 0 bridgehead atoms. The van der Waals surface area contributed by atoms with Gasteiger partial charge in [-0.1, -0.05) is 11.3 Å². The lowest BCUT2D eigenvalue weighted by Crippen LogP contribution is -2.18. The summed E-state index contributed by atoms with van der Waals surface area (Å²) in [6, 6.07) is 3.81. The SMILES string of the molecule is NC1(c2nn3c(-c4cccnc4)nnc3s2)CC1. The number of fused-ring (bicyclic) bond motifs is 1. The fraction of sp³-hybridized carbons (Fsp3) is 0.273. The first-order chi connectivity index (χ1) is 8.76. The molecule has 2 N–H and O–H groups in total. The van der Waals surface area contributed by atoms with E-state index in [-0.39, 0.29) is 5.54 Å². The fourth-order valence-corrected chi connectivity index (χ4v) is 2.84. The number of hydrogen-bond acceptors (Lipinski definition) is 6. The molecule has 0 saturated heterocycles. The molecule has 6 nitrogen and oxygen atoms in total. The van der Waals surface area contributed by atoms with E-state index in [1.54, 1.807) is 16.9 Å². The van der Waals surface area contributed by atoms with Crippen LogP contribution >= 0.6 is 11.3 Å². The highest BCUT2D eigenvalue weighted by atomic mass is 32.1. The van der Waals surface area contributed by atoms with E-state index in [0.717, 1.165) is 28.4 Å². The molecule has 1 aliphatic carbocycles. The van der Waals surface area contributed by atoms with Crippen LogP contribution in [0.2, 0.25) is 0 Å². The Morgan fingerprint density at radius 3 is 2.94 bits per heavy atom. The van der Waals surface area contributed by atoms with Gasteiger partial charge in [-0.05, 0) is 25.0 Å². The van der Waals surface area contributed by atoms with E-state index in [4.69, 9.17) is 5.73 Å². The molecule has 3 aromatic rings. The molecule has 1 aliphatic rings. The summed E-state index contributed by atoms with van der Waals surface area (Å²) in [7, 11) is 0. The van der Waals surface area contributed by atoms with Crippen molar-refractivity contribution in [1.82, 2.24) is 24.8 Å². The molecule has 3 heterocycles. The summed E-state index contributed by atoms with van der Waals surface area (Å²) in [6.45, 7) is 0. The summed E-state index contributed by atoms with van der Waals surface area (Å²) in [5.74, 6) is 0.713. The molecule has 0 amide bonds. The van der Waals surface area contributed by atoms with Gasteiger partial charge in [0.05, 0.1) is 5.54 Å². The predicted molar refractivity (Wildman–Crippen MR) is 67.0 cm³/mol. The molecular weight excluding hydrogens is 248 g/mol. The molecule has 4 rings (SSSR count). The largest absolute Gasteiger partial charge is 0.319 e. The number of rotatable bonds is 2. The van der Waals surface area contributed by atoms with E-state index in [0.29, 0.717) is 5.82 Å². The van der Waals surface area contributed by atoms with Crippen LogP contribution < -0.4 is 5.73 Å². The Labute approximate surface area is 106 Å². The van der Waals surface area contributed by atoms with Crippen LogP contribution in [0.4, 0.5) is 0 Å². The number of hydrogen-bond donors (Lipinski definition) is 1. The van der Waals surface area contributed by atoms with Crippen molar-refractivity contribution in [2.75, 3.05) is 0 Å². The van der Waals surface area contributed by atoms with Crippen LogP contribution in [0.15, 0.2) is 24.5 Å². The molecule has 0 aliphatic heterocycles. The van der Waals surface area contributed by atoms with E-state index in [1.165, 1.54) is 11.3 Å². The second-order valence-electron chi connectivity index (χ2n) is 4.52. The van der Waals surface area contributed by atoms with Gasteiger partial charge in [-0.2, -0.15) is 9.61 Å². The summed E-state index contributed by atoms with van der Waals surface area (Å²) in [6.07, 6.45) is 5.48. The maximum absolute atomic E-state index is 6.15. The molecule has 90 valence electrons. The van der Waals surface area contributed by atoms with Crippen LogP contribution in [0.3, 0.4) is 0 Å². The van der Waals surface area contributed by atoms with Crippen LogP contribution in [0.1, 0.15) is 17.8 Å². The van der Waals surface area contributed by atoms with Gasteiger partial charge in [0.1, 0.15) is 5.01 Å². The zero-order valence-electron chi connectivity index (χ0n) is 9.45. The standard InChI is InChI=1S/C11H10N6S/c12-11(3-4-11)9-16-17-8(14-15-10(17)18-9)7-2-1-5-13-6-7/h1-2,5-6H,3-4,12H2. The fourth-order valence-electron chi connectivity index (χ4n) is 1.84. The van der Waals surface area contributed by atoms with Crippen molar-refractivity contribution >= 4 is 16.3 Å². The molecule has 7 heteroatoms. The maximum Gasteiger partial charge on any atom is 0.235 e. The van der Waals surface area contributed by atoms with Gasteiger partial charge in [-0.3, -0.25) is 4.98 Å². The van der Waals surface area contributed by atoms with Crippen LogP contribution in [0.25, 0.3) is 16.3 Å². The van der Waals surface area contributed by atoms with Gasteiger partial charge < -0.3 is 5.73 Å².